The second-order valence-electron chi connectivity index (χ2n) is 6.52. The maximum Gasteiger partial charge on any atom is 0.227 e. The summed E-state index contributed by atoms with van der Waals surface area (Å²) in [4.78, 5) is 18.8. The van der Waals surface area contributed by atoms with E-state index in [1.54, 1.807) is 42.6 Å². The van der Waals surface area contributed by atoms with Gasteiger partial charge in [0.1, 0.15) is 11.9 Å². The van der Waals surface area contributed by atoms with E-state index in [2.05, 4.69) is 4.98 Å². The van der Waals surface area contributed by atoms with Gasteiger partial charge < -0.3 is 14.7 Å². The molecular weight excluding hydrogens is 352 g/mol. The first-order valence-corrected chi connectivity index (χ1v) is 9.18. The smallest absolute Gasteiger partial charge is 0.227 e. The topological polar surface area (TPSA) is 62.7 Å². The molecule has 1 unspecified atom stereocenters. The number of pyridine rings is 1. The lowest BCUT2D eigenvalue weighted by atomic mass is 9.92. The summed E-state index contributed by atoms with van der Waals surface area (Å²) in [6.45, 7) is 0.650. The number of amides is 1. The number of piperidine rings is 1. The van der Waals surface area contributed by atoms with Gasteiger partial charge in [-0.25, -0.2) is 0 Å². The van der Waals surface area contributed by atoms with E-state index in [4.69, 9.17) is 16.3 Å². The molecule has 0 bridgehead atoms. The Morgan fingerprint density at radius 1 is 1.35 bits per heavy atom. The van der Waals surface area contributed by atoms with Gasteiger partial charge in [0.2, 0.25) is 5.91 Å². The predicted octanol–water partition coefficient (Wildman–Crippen LogP) is 3.40. The van der Waals surface area contributed by atoms with Crippen LogP contribution in [0.1, 0.15) is 36.5 Å². The molecule has 1 N–H and O–H groups in total. The lowest BCUT2D eigenvalue weighted by Crippen LogP contribution is -2.47. The van der Waals surface area contributed by atoms with Crippen LogP contribution < -0.4 is 4.74 Å². The van der Waals surface area contributed by atoms with Crippen LogP contribution in [0.3, 0.4) is 0 Å². The summed E-state index contributed by atoms with van der Waals surface area (Å²) in [6.07, 6.45) is 5.39. The van der Waals surface area contributed by atoms with Gasteiger partial charge in [-0.05, 0) is 43.0 Å². The molecule has 2 aromatic rings. The molecule has 1 amide bonds. The number of hydrogen-bond donors (Lipinski definition) is 1. The van der Waals surface area contributed by atoms with Gasteiger partial charge in [-0.1, -0.05) is 23.7 Å². The average Bonchev–Trinajstić information content (AvgIpc) is 2.69. The Hall–Kier alpha value is -2.11. The molecule has 0 radical (unpaired) electrons. The molecule has 2 atom stereocenters. The number of hydrogen-bond acceptors (Lipinski definition) is 4. The van der Waals surface area contributed by atoms with Gasteiger partial charge in [0.05, 0.1) is 19.6 Å². The lowest BCUT2D eigenvalue weighted by Gasteiger charge is -2.39. The van der Waals surface area contributed by atoms with Crippen molar-refractivity contribution in [3.8, 4) is 5.75 Å². The van der Waals surface area contributed by atoms with E-state index in [1.165, 1.54) is 0 Å². The molecule has 1 aliphatic rings. The Morgan fingerprint density at radius 2 is 2.12 bits per heavy atom. The second kappa shape index (κ2) is 8.52. The number of likely N-dealkylation sites (tertiary alicyclic amines) is 1. The normalized spacial score (nSPS) is 18.4. The maximum atomic E-state index is 12.9. The van der Waals surface area contributed by atoms with Gasteiger partial charge in [0.25, 0.3) is 0 Å². The summed E-state index contributed by atoms with van der Waals surface area (Å²) >= 11 is 5.91. The van der Waals surface area contributed by atoms with Crippen LogP contribution in [0.4, 0.5) is 0 Å². The van der Waals surface area contributed by atoms with Crippen molar-refractivity contribution in [2.45, 2.75) is 37.8 Å². The summed E-state index contributed by atoms with van der Waals surface area (Å²) in [5, 5.41) is 11.6. The number of methoxy groups -OCH3 is 1. The Kier molecular flexibility index (Phi) is 6.12. The van der Waals surface area contributed by atoms with Gasteiger partial charge >= 0.3 is 0 Å². The first-order valence-electron chi connectivity index (χ1n) is 8.80. The molecule has 138 valence electrons. The minimum atomic E-state index is -0.826. The quantitative estimate of drug-likeness (QED) is 0.871. The zero-order chi connectivity index (χ0) is 18.5. The third-order valence-corrected chi connectivity index (χ3v) is 5.10. The Bertz CT molecular complexity index is 751. The summed E-state index contributed by atoms with van der Waals surface area (Å²) < 4.78 is 5.34. The fourth-order valence-corrected chi connectivity index (χ4v) is 3.61. The zero-order valence-electron chi connectivity index (χ0n) is 14.8. The molecule has 1 aliphatic heterocycles. The van der Waals surface area contributed by atoms with Crippen LogP contribution in [-0.2, 0) is 11.2 Å². The van der Waals surface area contributed by atoms with Crippen LogP contribution in [0.5, 0.6) is 5.75 Å². The van der Waals surface area contributed by atoms with Gasteiger partial charge in [0, 0.05) is 29.5 Å². The van der Waals surface area contributed by atoms with Gasteiger partial charge in [-0.2, -0.15) is 0 Å². The van der Waals surface area contributed by atoms with Crippen LogP contribution in [0.2, 0.25) is 5.02 Å². The summed E-state index contributed by atoms with van der Waals surface area (Å²) in [6, 6.07) is 8.74. The zero-order valence-corrected chi connectivity index (χ0v) is 15.5. The van der Waals surface area contributed by atoms with Crippen molar-refractivity contribution >= 4 is 17.5 Å². The standard InChI is InChI=1S/C20H23ClN2O3/c1-26-18-9-10-22-13-16(18)20(25)17-4-2-3-11-23(17)19(24)12-14-5-7-15(21)8-6-14/h5-10,13,17,20,25H,2-4,11-12H2,1H3/t17-,20?/m0/s1. The van der Waals surface area contributed by atoms with E-state index in [1.807, 2.05) is 12.1 Å². The Balaban J connectivity index is 1.78. The van der Waals surface area contributed by atoms with E-state index in [-0.39, 0.29) is 11.9 Å². The number of aliphatic hydroxyl groups is 1. The first-order chi connectivity index (χ1) is 12.6. The number of carbonyl (C=O) groups is 1. The molecule has 5 nitrogen and oxygen atoms in total. The molecule has 6 heteroatoms. The van der Waals surface area contributed by atoms with Gasteiger partial charge in [-0.15, -0.1) is 0 Å². The van der Waals surface area contributed by atoms with E-state index >= 15 is 0 Å². The Morgan fingerprint density at radius 3 is 2.85 bits per heavy atom. The van der Waals surface area contributed by atoms with Crippen molar-refractivity contribution in [3.63, 3.8) is 0 Å². The van der Waals surface area contributed by atoms with Crippen molar-refractivity contribution in [3.05, 3.63) is 58.9 Å². The number of halogens is 1. The Labute approximate surface area is 158 Å². The molecule has 3 rings (SSSR count). The highest BCUT2D eigenvalue weighted by molar-refractivity contribution is 6.30. The number of nitrogens with zero attached hydrogens (tertiary/aromatic N) is 2. The van der Waals surface area contributed by atoms with Gasteiger partial charge in [-0.3, -0.25) is 9.78 Å². The van der Waals surface area contributed by atoms with Crippen LogP contribution in [0, 0.1) is 0 Å². The number of carbonyl (C=O) groups excluding carboxylic acids is 1. The van der Waals surface area contributed by atoms with Crippen molar-refractivity contribution in [1.82, 2.24) is 9.88 Å². The van der Waals surface area contributed by atoms with Crippen molar-refractivity contribution in [1.29, 1.82) is 0 Å². The molecule has 0 saturated carbocycles. The highest BCUT2D eigenvalue weighted by Gasteiger charge is 2.34. The molecule has 1 saturated heterocycles. The predicted molar refractivity (Wildman–Crippen MR) is 100 cm³/mol. The maximum absolute atomic E-state index is 12.9. The summed E-state index contributed by atoms with van der Waals surface area (Å²) in [5.74, 6) is 0.599. The number of aromatic nitrogens is 1. The lowest BCUT2D eigenvalue weighted by molar-refractivity contribution is -0.137. The molecule has 1 fully saturated rings. The largest absolute Gasteiger partial charge is 0.496 e. The van der Waals surface area contributed by atoms with E-state index < -0.39 is 6.10 Å². The molecule has 26 heavy (non-hydrogen) atoms. The van der Waals surface area contributed by atoms with E-state index in [0.29, 0.717) is 29.3 Å². The molecule has 1 aromatic heterocycles. The summed E-state index contributed by atoms with van der Waals surface area (Å²) in [7, 11) is 1.57. The molecule has 0 spiro atoms. The van der Waals surface area contributed by atoms with Crippen LogP contribution >= 0.6 is 11.6 Å². The third-order valence-electron chi connectivity index (χ3n) is 4.85. The van der Waals surface area contributed by atoms with E-state index in [0.717, 1.165) is 24.8 Å². The van der Waals surface area contributed by atoms with E-state index in [9.17, 15) is 9.90 Å². The van der Waals surface area contributed by atoms with Crippen LogP contribution in [0.25, 0.3) is 0 Å². The van der Waals surface area contributed by atoms with Crippen LogP contribution in [0.15, 0.2) is 42.7 Å². The fraction of sp³-hybridized carbons (Fsp3) is 0.400. The minimum absolute atomic E-state index is 0.0129. The second-order valence-corrected chi connectivity index (χ2v) is 6.95. The fourth-order valence-electron chi connectivity index (χ4n) is 3.48. The van der Waals surface area contributed by atoms with Crippen molar-refractivity contribution < 1.29 is 14.6 Å². The number of aliphatic hydroxyl groups excluding tert-OH is 1. The minimum Gasteiger partial charge on any atom is -0.496 e. The SMILES string of the molecule is COc1ccncc1C(O)[C@@H]1CCCCN1C(=O)Cc1ccc(Cl)cc1. The summed E-state index contributed by atoms with van der Waals surface area (Å²) in [5.41, 5.74) is 1.53. The average molecular weight is 375 g/mol. The van der Waals surface area contributed by atoms with Crippen molar-refractivity contribution in [2.24, 2.45) is 0 Å². The highest BCUT2D eigenvalue weighted by atomic mass is 35.5. The molecular formula is C20H23ClN2O3. The number of benzene rings is 1. The van der Waals surface area contributed by atoms with Crippen molar-refractivity contribution in [2.75, 3.05) is 13.7 Å². The molecule has 2 heterocycles. The third kappa shape index (κ3) is 4.17. The number of ether oxygens (including phenoxy) is 1. The molecule has 0 aliphatic carbocycles. The first kappa shape index (κ1) is 18.7. The van der Waals surface area contributed by atoms with Crippen LogP contribution in [-0.4, -0.2) is 40.6 Å². The monoisotopic (exact) mass is 374 g/mol. The van der Waals surface area contributed by atoms with Gasteiger partial charge in [0.15, 0.2) is 0 Å². The number of rotatable bonds is 5. The molecule has 1 aromatic carbocycles. The highest BCUT2D eigenvalue weighted by Crippen LogP contribution is 2.33.